The second-order valence-corrected chi connectivity index (χ2v) is 10.1. The van der Waals surface area contributed by atoms with Crippen molar-refractivity contribution in [3.8, 4) is 5.75 Å². The molecule has 3 rings (SSSR count). The van der Waals surface area contributed by atoms with Crippen LogP contribution < -0.4 is 14.8 Å². The number of sulfonamides is 1. The van der Waals surface area contributed by atoms with E-state index < -0.39 is 16.1 Å². The van der Waals surface area contributed by atoms with Gasteiger partial charge in [-0.2, -0.15) is 4.72 Å². The van der Waals surface area contributed by atoms with E-state index in [0.29, 0.717) is 0 Å². The first-order chi connectivity index (χ1) is 14.8. The molecule has 1 saturated carbocycles. The Hall–Kier alpha value is -2.38. The molecule has 1 amide bonds. The summed E-state index contributed by atoms with van der Waals surface area (Å²) in [6.45, 7) is 4.00. The van der Waals surface area contributed by atoms with Crippen LogP contribution in [-0.4, -0.2) is 33.5 Å². The van der Waals surface area contributed by atoms with Crippen LogP contribution in [0.15, 0.2) is 53.4 Å². The number of amides is 1. The third kappa shape index (κ3) is 6.08. The molecule has 0 heterocycles. The summed E-state index contributed by atoms with van der Waals surface area (Å²) in [4.78, 5) is 13.1. The molecule has 31 heavy (non-hydrogen) atoms. The number of hydrogen-bond donors (Lipinski definition) is 2. The summed E-state index contributed by atoms with van der Waals surface area (Å²) in [5.74, 6) is 0.121. The number of nitrogens with one attached hydrogen (secondary N) is 2. The molecule has 2 aromatic carbocycles. The van der Waals surface area contributed by atoms with Crippen LogP contribution in [-0.2, 0) is 21.2 Å². The largest absolute Gasteiger partial charge is 0.495 e. The minimum absolute atomic E-state index is 0.0490. The molecule has 1 aliphatic rings. The van der Waals surface area contributed by atoms with Crippen molar-refractivity contribution < 1.29 is 17.9 Å². The molecule has 0 radical (unpaired) electrons. The fraction of sp³-hybridized carbons (Fsp3) is 0.458. The maximum absolute atomic E-state index is 13.4. The van der Waals surface area contributed by atoms with Crippen molar-refractivity contribution in [3.05, 3.63) is 59.7 Å². The highest BCUT2D eigenvalue weighted by Gasteiger charge is 2.30. The van der Waals surface area contributed by atoms with Gasteiger partial charge < -0.3 is 10.1 Å². The Kier molecular flexibility index (Phi) is 7.73. The highest BCUT2D eigenvalue weighted by atomic mass is 32.2. The summed E-state index contributed by atoms with van der Waals surface area (Å²) in [7, 11) is -2.55. The van der Waals surface area contributed by atoms with Gasteiger partial charge in [0, 0.05) is 6.04 Å². The van der Waals surface area contributed by atoms with Crippen LogP contribution in [0.1, 0.15) is 56.6 Å². The summed E-state index contributed by atoms with van der Waals surface area (Å²) in [6, 6.07) is 13.8. The maximum atomic E-state index is 13.4. The number of carbonyl (C=O) groups excluding carboxylic acids is 1. The number of rotatable bonds is 9. The van der Waals surface area contributed by atoms with Gasteiger partial charge in [-0.15, -0.1) is 0 Å². The van der Waals surface area contributed by atoms with E-state index in [9.17, 15) is 13.2 Å². The smallest absolute Gasteiger partial charge is 0.245 e. The number of benzene rings is 2. The molecule has 168 valence electrons. The third-order valence-corrected chi connectivity index (χ3v) is 7.23. The second-order valence-electron chi connectivity index (χ2n) is 8.42. The summed E-state index contributed by atoms with van der Waals surface area (Å²) >= 11 is 0. The van der Waals surface area contributed by atoms with Crippen LogP contribution in [0.3, 0.4) is 0 Å². The topological polar surface area (TPSA) is 84.5 Å². The molecule has 7 heteroatoms. The number of carbonyl (C=O) groups is 1. The minimum Gasteiger partial charge on any atom is -0.495 e. The van der Waals surface area contributed by atoms with Crippen molar-refractivity contribution in [1.82, 2.24) is 10.0 Å². The fourth-order valence-electron chi connectivity index (χ4n) is 3.92. The predicted octanol–water partition coefficient (Wildman–Crippen LogP) is 3.77. The lowest BCUT2D eigenvalue weighted by Crippen LogP contribution is -2.50. The standard InChI is InChI=1S/C24H32N2O4S/c1-17(2)19-13-14-22(30-3)23(16-19)31(28,29)26-21(15-18-9-5-4-6-10-18)24(27)25-20-11-7-8-12-20/h4-6,9-10,13-14,16-17,20-21,26H,7-8,11-12,15H2,1-3H3,(H,25,27). The molecule has 1 aliphatic carbocycles. The lowest BCUT2D eigenvalue weighted by atomic mass is 10.0. The van der Waals surface area contributed by atoms with Crippen LogP contribution in [0.5, 0.6) is 5.75 Å². The Morgan fingerprint density at radius 2 is 1.77 bits per heavy atom. The van der Waals surface area contributed by atoms with E-state index in [1.54, 1.807) is 12.1 Å². The maximum Gasteiger partial charge on any atom is 0.245 e. The first kappa shape index (κ1) is 23.3. The van der Waals surface area contributed by atoms with E-state index >= 15 is 0 Å². The molecule has 0 bridgehead atoms. The van der Waals surface area contributed by atoms with Gasteiger partial charge in [0.2, 0.25) is 15.9 Å². The number of methoxy groups -OCH3 is 1. The highest BCUT2D eigenvalue weighted by molar-refractivity contribution is 7.89. The van der Waals surface area contributed by atoms with E-state index in [4.69, 9.17) is 4.74 Å². The van der Waals surface area contributed by atoms with Crippen LogP contribution in [0.25, 0.3) is 0 Å². The zero-order chi connectivity index (χ0) is 22.4. The van der Waals surface area contributed by atoms with E-state index in [-0.39, 0.29) is 34.9 Å². The molecule has 1 fully saturated rings. The quantitative estimate of drug-likeness (QED) is 0.617. The predicted molar refractivity (Wildman–Crippen MR) is 122 cm³/mol. The van der Waals surface area contributed by atoms with Crippen molar-refractivity contribution in [2.45, 2.75) is 68.8 Å². The van der Waals surface area contributed by atoms with Crippen LogP contribution in [0, 0.1) is 0 Å². The first-order valence-corrected chi connectivity index (χ1v) is 12.3. The van der Waals surface area contributed by atoms with Crippen molar-refractivity contribution in [2.24, 2.45) is 0 Å². The fourth-order valence-corrected chi connectivity index (χ4v) is 5.32. The first-order valence-electron chi connectivity index (χ1n) is 10.8. The molecule has 2 aromatic rings. The van der Waals surface area contributed by atoms with Crippen LogP contribution >= 0.6 is 0 Å². The van der Waals surface area contributed by atoms with Gasteiger partial charge in [-0.25, -0.2) is 8.42 Å². The summed E-state index contributed by atoms with van der Waals surface area (Å²) in [5, 5.41) is 3.03. The average molecular weight is 445 g/mol. The monoisotopic (exact) mass is 444 g/mol. The zero-order valence-electron chi connectivity index (χ0n) is 18.4. The van der Waals surface area contributed by atoms with Crippen molar-refractivity contribution in [1.29, 1.82) is 0 Å². The molecule has 0 saturated heterocycles. The van der Waals surface area contributed by atoms with Gasteiger partial charge in [0.1, 0.15) is 16.7 Å². The molecule has 0 spiro atoms. The van der Waals surface area contributed by atoms with Gasteiger partial charge >= 0.3 is 0 Å². The minimum atomic E-state index is -3.99. The summed E-state index contributed by atoms with van der Waals surface area (Å²) in [6.07, 6.45) is 4.30. The van der Waals surface area contributed by atoms with Crippen molar-refractivity contribution in [2.75, 3.05) is 7.11 Å². The third-order valence-electron chi connectivity index (χ3n) is 5.74. The Labute approximate surface area is 185 Å². The molecular formula is C24H32N2O4S. The zero-order valence-corrected chi connectivity index (χ0v) is 19.2. The van der Waals surface area contributed by atoms with Crippen molar-refractivity contribution in [3.63, 3.8) is 0 Å². The molecular weight excluding hydrogens is 412 g/mol. The van der Waals surface area contributed by atoms with Gasteiger partial charge in [-0.05, 0) is 48.4 Å². The molecule has 6 nitrogen and oxygen atoms in total. The van der Waals surface area contributed by atoms with Crippen LogP contribution in [0.2, 0.25) is 0 Å². The number of hydrogen-bond acceptors (Lipinski definition) is 4. The highest BCUT2D eigenvalue weighted by Crippen LogP contribution is 2.28. The lowest BCUT2D eigenvalue weighted by molar-refractivity contribution is -0.123. The van der Waals surface area contributed by atoms with Gasteiger partial charge in [-0.1, -0.05) is 63.1 Å². The van der Waals surface area contributed by atoms with Gasteiger partial charge in [-0.3, -0.25) is 4.79 Å². The van der Waals surface area contributed by atoms with E-state index in [1.165, 1.54) is 7.11 Å². The SMILES string of the molecule is COc1ccc(C(C)C)cc1S(=O)(=O)NC(Cc1ccccc1)C(=O)NC1CCCC1. The molecule has 2 N–H and O–H groups in total. The van der Waals surface area contributed by atoms with Gasteiger partial charge in [0.25, 0.3) is 0 Å². The second kappa shape index (κ2) is 10.3. The van der Waals surface area contributed by atoms with Gasteiger partial charge in [0.05, 0.1) is 7.11 Å². The molecule has 1 unspecified atom stereocenters. The van der Waals surface area contributed by atoms with E-state index in [1.807, 2.05) is 50.2 Å². The number of ether oxygens (including phenoxy) is 1. The Balaban J connectivity index is 1.89. The van der Waals surface area contributed by atoms with Crippen molar-refractivity contribution >= 4 is 15.9 Å². The Bertz CT molecular complexity index is 984. The van der Waals surface area contributed by atoms with E-state index in [0.717, 1.165) is 36.8 Å². The molecule has 0 aromatic heterocycles. The lowest BCUT2D eigenvalue weighted by Gasteiger charge is -2.22. The molecule has 1 atom stereocenters. The average Bonchev–Trinajstić information content (AvgIpc) is 3.26. The summed E-state index contributed by atoms with van der Waals surface area (Å²) in [5.41, 5.74) is 1.77. The Morgan fingerprint density at radius 3 is 2.39 bits per heavy atom. The van der Waals surface area contributed by atoms with Gasteiger partial charge in [0.15, 0.2) is 0 Å². The molecule has 0 aliphatic heterocycles. The van der Waals surface area contributed by atoms with E-state index in [2.05, 4.69) is 10.0 Å². The summed E-state index contributed by atoms with van der Waals surface area (Å²) < 4.78 is 34.7. The normalized spacial score (nSPS) is 15.7. The van der Waals surface area contributed by atoms with Crippen LogP contribution in [0.4, 0.5) is 0 Å². The Morgan fingerprint density at radius 1 is 1.10 bits per heavy atom.